The molecule has 0 spiro atoms. The van der Waals surface area contributed by atoms with E-state index in [1.807, 2.05) is 0 Å². The first-order valence-corrected chi connectivity index (χ1v) is 10.5. The highest BCUT2D eigenvalue weighted by Crippen LogP contribution is 2.26. The molecule has 1 aliphatic heterocycles. The van der Waals surface area contributed by atoms with Crippen molar-refractivity contribution in [1.82, 2.24) is 9.80 Å². The van der Waals surface area contributed by atoms with Crippen LogP contribution in [0.2, 0.25) is 5.02 Å². The number of ketones is 1. The summed E-state index contributed by atoms with van der Waals surface area (Å²) < 4.78 is 28.4. The van der Waals surface area contributed by atoms with Crippen LogP contribution in [0.3, 0.4) is 0 Å². The number of benzene rings is 2. The van der Waals surface area contributed by atoms with E-state index < -0.39 is 11.6 Å². The second kappa shape index (κ2) is 10.2. The van der Waals surface area contributed by atoms with Crippen molar-refractivity contribution in [1.29, 1.82) is 0 Å². The van der Waals surface area contributed by atoms with Gasteiger partial charge in [-0.05, 0) is 30.8 Å². The van der Waals surface area contributed by atoms with E-state index in [4.69, 9.17) is 17.3 Å². The maximum absolute atomic E-state index is 14.7. The van der Waals surface area contributed by atoms with Crippen molar-refractivity contribution in [2.75, 3.05) is 44.2 Å². The lowest BCUT2D eigenvalue weighted by atomic mass is 10.1. The van der Waals surface area contributed by atoms with Crippen molar-refractivity contribution in [3.8, 4) is 0 Å². The third-order valence-electron chi connectivity index (χ3n) is 5.42. The molecule has 1 saturated heterocycles. The maximum Gasteiger partial charge on any atom is 0.324 e. The standard InChI is InChI=1S/C22H25ClF2N4O2/c1-2-27-7-9-28(10-8-27)22(31)29(17-5-6-19(24)18(23)12-17)14-16-4-3-15(11-20(16)25)21(30)13-26/h3-6,11-12H,2,7-10,13-14,26H2,1H3. The molecule has 1 fully saturated rings. The lowest BCUT2D eigenvalue weighted by molar-refractivity contribution is 0.100. The summed E-state index contributed by atoms with van der Waals surface area (Å²) in [5.74, 6) is -1.61. The average molecular weight is 451 g/mol. The molecule has 2 aromatic rings. The second-order valence-corrected chi connectivity index (χ2v) is 7.73. The summed E-state index contributed by atoms with van der Waals surface area (Å²) in [4.78, 5) is 30.4. The number of nitrogens with two attached hydrogens (primary N) is 1. The van der Waals surface area contributed by atoms with Gasteiger partial charge in [0.25, 0.3) is 0 Å². The van der Waals surface area contributed by atoms with Gasteiger partial charge in [-0.2, -0.15) is 0 Å². The van der Waals surface area contributed by atoms with Gasteiger partial charge in [-0.1, -0.05) is 30.7 Å². The van der Waals surface area contributed by atoms with Gasteiger partial charge in [0.1, 0.15) is 11.6 Å². The van der Waals surface area contributed by atoms with Gasteiger partial charge < -0.3 is 15.5 Å². The summed E-state index contributed by atoms with van der Waals surface area (Å²) in [7, 11) is 0. The predicted octanol–water partition coefficient (Wildman–Crippen LogP) is 3.52. The zero-order valence-electron chi connectivity index (χ0n) is 17.3. The van der Waals surface area contributed by atoms with E-state index in [1.165, 1.54) is 35.2 Å². The number of nitrogens with zero attached hydrogens (tertiary/aromatic N) is 3. The summed E-state index contributed by atoms with van der Waals surface area (Å²) in [5, 5.41) is -0.129. The number of rotatable bonds is 6. The SMILES string of the molecule is CCN1CCN(C(=O)N(Cc2ccc(C(=O)CN)cc2F)c2ccc(F)c(Cl)c2)CC1. The van der Waals surface area contributed by atoms with Gasteiger partial charge in [0.05, 0.1) is 18.1 Å². The Morgan fingerprint density at radius 2 is 1.77 bits per heavy atom. The van der Waals surface area contributed by atoms with E-state index in [1.54, 1.807) is 4.90 Å². The molecule has 6 nitrogen and oxygen atoms in total. The van der Waals surface area contributed by atoms with E-state index >= 15 is 0 Å². The molecule has 0 atom stereocenters. The molecule has 0 unspecified atom stereocenters. The van der Waals surface area contributed by atoms with Crippen molar-refractivity contribution < 1.29 is 18.4 Å². The lowest BCUT2D eigenvalue weighted by Gasteiger charge is -2.37. The number of urea groups is 1. The second-order valence-electron chi connectivity index (χ2n) is 7.32. The minimum atomic E-state index is -0.624. The highest BCUT2D eigenvalue weighted by molar-refractivity contribution is 6.31. The van der Waals surface area contributed by atoms with Gasteiger partial charge >= 0.3 is 6.03 Å². The van der Waals surface area contributed by atoms with Crippen LogP contribution in [0.25, 0.3) is 0 Å². The molecular formula is C22H25ClF2N4O2. The first-order chi connectivity index (χ1) is 14.8. The van der Waals surface area contributed by atoms with Crippen LogP contribution < -0.4 is 10.6 Å². The molecule has 1 aliphatic rings. The van der Waals surface area contributed by atoms with Crippen molar-refractivity contribution in [3.05, 3.63) is 64.2 Å². The summed E-state index contributed by atoms with van der Waals surface area (Å²) in [6, 6.07) is 7.69. The molecule has 3 rings (SSSR count). The molecule has 0 aliphatic carbocycles. The number of carbonyl (C=O) groups excluding carboxylic acids is 2. The molecule has 0 bridgehead atoms. The highest BCUT2D eigenvalue weighted by Gasteiger charge is 2.27. The molecule has 9 heteroatoms. The Kier molecular flexibility index (Phi) is 7.59. The Balaban J connectivity index is 1.90. The Bertz CT molecular complexity index is 965. The minimum Gasteiger partial charge on any atom is -0.324 e. The zero-order chi connectivity index (χ0) is 22.5. The summed E-state index contributed by atoms with van der Waals surface area (Å²) >= 11 is 5.94. The quantitative estimate of drug-likeness (QED) is 0.683. The van der Waals surface area contributed by atoms with E-state index in [0.717, 1.165) is 25.7 Å². The van der Waals surface area contributed by atoms with Gasteiger partial charge in [0.15, 0.2) is 5.78 Å². The topological polar surface area (TPSA) is 69.9 Å². The van der Waals surface area contributed by atoms with Gasteiger partial charge in [0.2, 0.25) is 0 Å². The van der Waals surface area contributed by atoms with Crippen LogP contribution in [-0.4, -0.2) is 60.9 Å². The van der Waals surface area contributed by atoms with Crippen LogP contribution in [0.4, 0.5) is 19.3 Å². The Hall–Kier alpha value is -2.55. The van der Waals surface area contributed by atoms with E-state index in [-0.39, 0.29) is 41.1 Å². The monoisotopic (exact) mass is 450 g/mol. The van der Waals surface area contributed by atoms with Crippen LogP contribution in [0, 0.1) is 11.6 Å². The fourth-order valence-corrected chi connectivity index (χ4v) is 3.66. The van der Waals surface area contributed by atoms with Crippen molar-refractivity contribution in [2.24, 2.45) is 5.73 Å². The number of halogens is 3. The number of hydrogen-bond acceptors (Lipinski definition) is 4. The molecule has 1 heterocycles. The third kappa shape index (κ3) is 5.39. The molecular weight excluding hydrogens is 426 g/mol. The van der Waals surface area contributed by atoms with Crippen LogP contribution in [0.5, 0.6) is 0 Å². The zero-order valence-corrected chi connectivity index (χ0v) is 18.0. The maximum atomic E-state index is 14.7. The smallest absolute Gasteiger partial charge is 0.324 e. The van der Waals surface area contributed by atoms with Crippen LogP contribution in [0.1, 0.15) is 22.8 Å². The number of Topliss-reactive ketones (excluding diaryl/α,β-unsaturated/α-hetero) is 1. The number of hydrogen-bond donors (Lipinski definition) is 1. The first kappa shape index (κ1) is 23.1. The van der Waals surface area contributed by atoms with Crippen LogP contribution in [0.15, 0.2) is 36.4 Å². The summed E-state index contributed by atoms with van der Waals surface area (Å²) in [6.07, 6.45) is 0. The van der Waals surface area contributed by atoms with Gasteiger partial charge in [-0.25, -0.2) is 13.6 Å². The Morgan fingerprint density at radius 3 is 2.35 bits per heavy atom. The third-order valence-corrected chi connectivity index (χ3v) is 5.71. The van der Waals surface area contributed by atoms with Crippen LogP contribution >= 0.6 is 11.6 Å². The largest absolute Gasteiger partial charge is 0.324 e. The molecule has 0 aromatic heterocycles. The number of amides is 2. The fraction of sp³-hybridized carbons (Fsp3) is 0.364. The normalized spacial score (nSPS) is 14.5. The van der Waals surface area contributed by atoms with E-state index in [9.17, 15) is 18.4 Å². The molecule has 166 valence electrons. The molecule has 2 N–H and O–H groups in total. The Labute approximate surface area is 185 Å². The van der Waals surface area contributed by atoms with Crippen molar-refractivity contribution in [2.45, 2.75) is 13.5 Å². The molecule has 2 aromatic carbocycles. The molecule has 2 amide bonds. The van der Waals surface area contributed by atoms with E-state index in [2.05, 4.69) is 11.8 Å². The van der Waals surface area contributed by atoms with Gasteiger partial charge in [-0.15, -0.1) is 0 Å². The highest BCUT2D eigenvalue weighted by atomic mass is 35.5. The summed E-state index contributed by atoms with van der Waals surface area (Å²) in [5.41, 5.74) is 6.08. The lowest BCUT2D eigenvalue weighted by Crippen LogP contribution is -2.52. The van der Waals surface area contributed by atoms with E-state index in [0.29, 0.717) is 18.8 Å². The predicted molar refractivity (Wildman–Crippen MR) is 116 cm³/mol. The van der Waals surface area contributed by atoms with Gasteiger partial charge in [0, 0.05) is 43.0 Å². The molecule has 0 radical (unpaired) electrons. The number of carbonyl (C=O) groups is 2. The summed E-state index contributed by atoms with van der Waals surface area (Å²) in [6.45, 7) is 5.19. The van der Waals surface area contributed by atoms with Crippen molar-refractivity contribution >= 4 is 29.1 Å². The number of likely N-dealkylation sites (N-methyl/N-ethyl adjacent to an activating group) is 1. The average Bonchev–Trinajstić information content (AvgIpc) is 2.79. The van der Waals surface area contributed by atoms with Gasteiger partial charge in [-0.3, -0.25) is 9.69 Å². The molecule has 0 saturated carbocycles. The fourth-order valence-electron chi connectivity index (χ4n) is 3.49. The Morgan fingerprint density at radius 1 is 1.06 bits per heavy atom. The van der Waals surface area contributed by atoms with Crippen LogP contribution in [-0.2, 0) is 6.54 Å². The number of piperazine rings is 1. The minimum absolute atomic E-state index is 0.0995. The first-order valence-electron chi connectivity index (χ1n) is 10.1. The van der Waals surface area contributed by atoms with Crippen molar-refractivity contribution in [3.63, 3.8) is 0 Å². The number of anilines is 1. The molecule has 31 heavy (non-hydrogen) atoms.